The predicted molar refractivity (Wildman–Crippen MR) is 109 cm³/mol. The zero-order valence-electron chi connectivity index (χ0n) is 18.4. The van der Waals surface area contributed by atoms with Crippen LogP contribution in [0.1, 0.15) is 23.5 Å². The van der Waals surface area contributed by atoms with Gasteiger partial charge in [-0.3, -0.25) is 0 Å². The van der Waals surface area contributed by atoms with Gasteiger partial charge in [-0.2, -0.15) is 18.4 Å². The lowest BCUT2D eigenvalue weighted by molar-refractivity contribution is -0.138. The summed E-state index contributed by atoms with van der Waals surface area (Å²) in [7, 11) is 7.49. The Kier molecular flexibility index (Phi) is 7.69. The smallest absolute Gasteiger partial charge is 0.416 e. The third kappa shape index (κ3) is 4.94. The monoisotopic (exact) mass is 451 g/mol. The van der Waals surface area contributed by atoms with Gasteiger partial charge in [0.2, 0.25) is 0 Å². The van der Waals surface area contributed by atoms with E-state index in [0.717, 1.165) is 19.2 Å². The molecule has 32 heavy (non-hydrogen) atoms. The van der Waals surface area contributed by atoms with Gasteiger partial charge >= 0.3 is 18.1 Å². The average Bonchev–Trinajstić information content (AvgIpc) is 2.75. The fraction of sp³-hybridized carbons (Fsp3) is 0.409. The number of carbonyl (C=O) groups is 2. The Bertz CT molecular complexity index is 989. The molecule has 1 heterocycles. The maximum absolute atomic E-state index is 13.1. The number of hydrogen-bond acceptors (Lipinski definition) is 7. The van der Waals surface area contributed by atoms with Gasteiger partial charge in [-0.25, -0.2) is 9.59 Å². The van der Waals surface area contributed by atoms with Gasteiger partial charge in [-0.05, 0) is 31.8 Å². The van der Waals surface area contributed by atoms with Crippen LogP contribution < -0.4 is 0 Å². The standard InChI is InChI=1S/C22H24F3N3O4/c1-27(2)11-10-15-18(20(29)31-4)17(13-6-8-14(9-7-13)22(23,24)25)19(21(30)32-5)16(12-26)28(15)3/h6-9,17H,10-11H2,1-5H3. The fourth-order valence-corrected chi connectivity index (χ4v) is 3.58. The molecule has 0 amide bonds. The first-order valence-corrected chi connectivity index (χ1v) is 9.57. The van der Waals surface area contributed by atoms with Gasteiger partial charge in [0, 0.05) is 25.7 Å². The molecule has 10 heteroatoms. The molecule has 1 aliphatic rings. The first-order chi connectivity index (χ1) is 15.0. The quantitative estimate of drug-likeness (QED) is 0.615. The molecule has 1 aromatic rings. The zero-order valence-corrected chi connectivity index (χ0v) is 18.4. The molecule has 172 valence electrons. The molecule has 0 bridgehead atoms. The van der Waals surface area contributed by atoms with Crippen LogP contribution in [0.15, 0.2) is 46.8 Å². The Morgan fingerprint density at radius 1 is 1.09 bits per heavy atom. The number of rotatable bonds is 6. The minimum Gasteiger partial charge on any atom is -0.466 e. The summed E-state index contributed by atoms with van der Waals surface area (Å²) in [5.41, 5.74) is -0.359. The van der Waals surface area contributed by atoms with Crippen LogP contribution in [0.3, 0.4) is 0 Å². The van der Waals surface area contributed by atoms with E-state index in [1.54, 1.807) is 7.05 Å². The molecule has 1 unspecified atom stereocenters. The molecule has 0 N–H and O–H groups in total. The van der Waals surface area contributed by atoms with Gasteiger partial charge in [0.15, 0.2) is 0 Å². The van der Waals surface area contributed by atoms with Crippen molar-refractivity contribution in [2.24, 2.45) is 0 Å². The van der Waals surface area contributed by atoms with Crippen molar-refractivity contribution in [1.29, 1.82) is 5.26 Å². The lowest BCUT2D eigenvalue weighted by Gasteiger charge is -2.36. The third-order valence-electron chi connectivity index (χ3n) is 5.17. The summed E-state index contributed by atoms with van der Waals surface area (Å²) in [5.74, 6) is -2.76. The first-order valence-electron chi connectivity index (χ1n) is 9.57. The van der Waals surface area contributed by atoms with Gasteiger partial charge in [-0.15, -0.1) is 0 Å². The van der Waals surface area contributed by atoms with E-state index >= 15 is 0 Å². The van der Waals surface area contributed by atoms with Crippen LogP contribution in [-0.2, 0) is 25.2 Å². The van der Waals surface area contributed by atoms with E-state index in [9.17, 15) is 28.0 Å². The Balaban J connectivity index is 2.83. The molecule has 0 aromatic heterocycles. The summed E-state index contributed by atoms with van der Waals surface area (Å²) in [6.45, 7) is 0.506. The van der Waals surface area contributed by atoms with E-state index in [1.807, 2.05) is 25.1 Å². The van der Waals surface area contributed by atoms with Crippen LogP contribution in [0.25, 0.3) is 0 Å². The van der Waals surface area contributed by atoms with Gasteiger partial charge in [0.1, 0.15) is 11.8 Å². The average molecular weight is 451 g/mol. The SMILES string of the molecule is COC(=O)C1=C(C#N)N(C)C(CCN(C)C)=C(C(=O)OC)C1c1ccc(C(F)(F)F)cc1. The van der Waals surface area contributed by atoms with Gasteiger partial charge < -0.3 is 19.3 Å². The van der Waals surface area contributed by atoms with Crippen LogP contribution in [0.4, 0.5) is 13.2 Å². The Morgan fingerprint density at radius 2 is 1.62 bits per heavy atom. The van der Waals surface area contributed by atoms with Crippen LogP contribution in [0.2, 0.25) is 0 Å². The van der Waals surface area contributed by atoms with Crippen molar-refractivity contribution in [3.8, 4) is 6.07 Å². The lowest BCUT2D eigenvalue weighted by atomic mass is 9.79. The minimum absolute atomic E-state index is 0.0526. The summed E-state index contributed by atoms with van der Waals surface area (Å²) in [4.78, 5) is 28.9. The number of methoxy groups -OCH3 is 2. The summed E-state index contributed by atoms with van der Waals surface area (Å²) < 4.78 is 49.0. The number of nitriles is 1. The minimum atomic E-state index is -4.55. The molecule has 2 rings (SSSR count). The van der Waals surface area contributed by atoms with Crippen molar-refractivity contribution in [3.05, 3.63) is 57.9 Å². The highest BCUT2D eigenvalue weighted by molar-refractivity contribution is 6.00. The molecule has 7 nitrogen and oxygen atoms in total. The van der Waals surface area contributed by atoms with E-state index in [4.69, 9.17) is 9.47 Å². The number of alkyl halides is 3. The Labute approximate surface area is 184 Å². The molecular formula is C22H24F3N3O4. The summed E-state index contributed by atoms with van der Waals surface area (Å²) in [6, 6.07) is 6.07. The van der Waals surface area contributed by atoms with E-state index in [1.165, 1.54) is 24.1 Å². The Morgan fingerprint density at radius 3 is 2.06 bits per heavy atom. The second-order valence-corrected chi connectivity index (χ2v) is 7.38. The molecule has 0 spiro atoms. The second kappa shape index (κ2) is 9.87. The normalized spacial score (nSPS) is 16.9. The highest BCUT2D eigenvalue weighted by Crippen LogP contribution is 2.43. The number of nitrogens with zero attached hydrogens (tertiary/aromatic N) is 3. The van der Waals surface area contributed by atoms with Gasteiger partial charge in [0.25, 0.3) is 0 Å². The highest BCUT2D eigenvalue weighted by Gasteiger charge is 2.42. The van der Waals surface area contributed by atoms with E-state index in [-0.39, 0.29) is 22.4 Å². The van der Waals surface area contributed by atoms with Crippen molar-refractivity contribution in [1.82, 2.24) is 9.80 Å². The maximum atomic E-state index is 13.1. The molecular weight excluding hydrogens is 427 g/mol. The fourth-order valence-electron chi connectivity index (χ4n) is 3.58. The van der Waals surface area contributed by atoms with E-state index in [2.05, 4.69) is 0 Å². The predicted octanol–water partition coefficient (Wildman–Crippen LogP) is 3.06. The molecule has 0 saturated carbocycles. The van der Waals surface area contributed by atoms with E-state index < -0.39 is 29.6 Å². The molecule has 0 fully saturated rings. The molecule has 0 radical (unpaired) electrons. The van der Waals surface area contributed by atoms with Crippen molar-refractivity contribution >= 4 is 11.9 Å². The number of ether oxygens (including phenoxy) is 2. The molecule has 0 aliphatic carbocycles. The van der Waals surface area contributed by atoms with Gasteiger partial charge in [-0.1, -0.05) is 12.1 Å². The molecule has 1 atom stereocenters. The van der Waals surface area contributed by atoms with Crippen LogP contribution in [0.5, 0.6) is 0 Å². The highest BCUT2D eigenvalue weighted by atomic mass is 19.4. The number of esters is 2. The zero-order chi connectivity index (χ0) is 24.2. The number of halogens is 3. The summed E-state index contributed by atoms with van der Waals surface area (Å²) in [5, 5.41) is 9.81. The summed E-state index contributed by atoms with van der Waals surface area (Å²) >= 11 is 0. The topological polar surface area (TPSA) is 82.9 Å². The van der Waals surface area contributed by atoms with Crippen molar-refractivity contribution in [2.75, 3.05) is 41.9 Å². The maximum Gasteiger partial charge on any atom is 0.416 e. The van der Waals surface area contributed by atoms with Crippen LogP contribution in [0, 0.1) is 11.3 Å². The lowest BCUT2D eigenvalue weighted by Crippen LogP contribution is -2.35. The van der Waals surface area contributed by atoms with Crippen LogP contribution in [-0.4, -0.2) is 63.6 Å². The molecule has 1 aliphatic heterocycles. The second-order valence-electron chi connectivity index (χ2n) is 7.38. The third-order valence-corrected chi connectivity index (χ3v) is 5.17. The summed E-state index contributed by atoms with van der Waals surface area (Å²) in [6.07, 6.45) is -4.23. The van der Waals surface area contributed by atoms with Crippen molar-refractivity contribution in [3.63, 3.8) is 0 Å². The Hall–Kier alpha value is -3.32. The van der Waals surface area contributed by atoms with Crippen LogP contribution >= 0.6 is 0 Å². The number of hydrogen-bond donors (Lipinski definition) is 0. The number of carbonyl (C=O) groups excluding carboxylic acids is 2. The van der Waals surface area contributed by atoms with Crippen molar-refractivity contribution in [2.45, 2.75) is 18.5 Å². The molecule has 1 aromatic carbocycles. The largest absolute Gasteiger partial charge is 0.466 e. The number of allylic oxidation sites excluding steroid dienone is 1. The number of benzene rings is 1. The molecule has 0 saturated heterocycles. The van der Waals surface area contributed by atoms with E-state index in [0.29, 0.717) is 18.7 Å². The van der Waals surface area contributed by atoms with Gasteiger partial charge in [0.05, 0.1) is 36.8 Å². The van der Waals surface area contributed by atoms with Crippen molar-refractivity contribution < 1.29 is 32.2 Å². The first kappa shape index (κ1) is 24.9.